The zero-order valence-corrected chi connectivity index (χ0v) is 13.3. The smallest absolute Gasteiger partial charge is 0.257 e. The zero-order chi connectivity index (χ0) is 14.0. The minimum atomic E-state index is -0.346. The van der Waals surface area contributed by atoms with E-state index in [-0.39, 0.29) is 21.5 Å². The first-order chi connectivity index (χ1) is 8.97. The van der Waals surface area contributed by atoms with Gasteiger partial charge in [-0.25, -0.2) is 0 Å². The molecule has 0 spiro atoms. The molecule has 2 aromatic rings. The average Bonchev–Trinajstić information content (AvgIpc) is 2.33. The summed E-state index contributed by atoms with van der Waals surface area (Å²) in [5, 5.41) is 3.20. The highest BCUT2D eigenvalue weighted by Gasteiger charge is 2.14. The number of hydrogen-bond donors (Lipinski definition) is 2. The lowest BCUT2D eigenvalue weighted by Crippen LogP contribution is -2.13. The molecule has 0 unspecified atom stereocenters. The van der Waals surface area contributed by atoms with Crippen LogP contribution in [-0.4, -0.2) is 5.91 Å². The SMILES string of the molecule is Nc1cc(Cl)c(Cl)c(C(=O)Nc2cccc(I)c2)c1. The number of nitrogen functional groups attached to an aromatic ring is 1. The van der Waals surface area contributed by atoms with E-state index in [0.29, 0.717) is 11.4 Å². The van der Waals surface area contributed by atoms with E-state index >= 15 is 0 Å². The molecule has 2 aromatic carbocycles. The van der Waals surface area contributed by atoms with Crippen LogP contribution in [-0.2, 0) is 0 Å². The first-order valence-corrected chi connectivity index (χ1v) is 7.12. The second-order valence-electron chi connectivity index (χ2n) is 3.83. The molecule has 0 aromatic heterocycles. The van der Waals surface area contributed by atoms with Crippen LogP contribution in [0.3, 0.4) is 0 Å². The van der Waals surface area contributed by atoms with Crippen molar-refractivity contribution >= 4 is 63.1 Å². The van der Waals surface area contributed by atoms with Gasteiger partial charge in [-0.1, -0.05) is 29.3 Å². The van der Waals surface area contributed by atoms with E-state index in [4.69, 9.17) is 28.9 Å². The summed E-state index contributed by atoms with van der Waals surface area (Å²) in [6, 6.07) is 10.4. The number of rotatable bonds is 2. The Hall–Kier alpha value is -0.980. The van der Waals surface area contributed by atoms with Crippen molar-refractivity contribution in [3.63, 3.8) is 0 Å². The number of nitrogens with two attached hydrogens (primary N) is 1. The Kier molecular flexibility index (Phi) is 4.54. The Morgan fingerprint density at radius 1 is 1.21 bits per heavy atom. The molecule has 0 atom stereocenters. The van der Waals surface area contributed by atoms with Gasteiger partial charge in [0.2, 0.25) is 0 Å². The molecule has 6 heteroatoms. The standard InChI is InChI=1S/C13H9Cl2IN2O/c14-11-6-8(17)5-10(12(11)15)13(19)18-9-3-1-2-7(16)4-9/h1-6H,17H2,(H,18,19). The zero-order valence-electron chi connectivity index (χ0n) is 9.58. The van der Waals surface area contributed by atoms with Gasteiger partial charge in [0.05, 0.1) is 15.6 Å². The molecule has 0 bridgehead atoms. The first kappa shape index (κ1) is 14.4. The number of halogens is 3. The predicted molar refractivity (Wildman–Crippen MR) is 88.0 cm³/mol. The van der Waals surface area contributed by atoms with Crippen LogP contribution in [0.25, 0.3) is 0 Å². The van der Waals surface area contributed by atoms with Gasteiger partial charge < -0.3 is 11.1 Å². The maximum atomic E-state index is 12.1. The molecule has 0 heterocycles. The fourth-order valence-corrected chi connectivity index (χ4v) is 2.51. The molecule has 98 valence electrons. The highest BCUT2D eigenvalue weighted by atomic mass is 127. The number of amides is 1. The van der Waals surface area contributed by atoms with Crippen molar-refractivity contribution in [3.05, 3.63) is 55.6 Å². The molecule has 0 saturated carbocycles. The van der Waals surface area contributed by atoms with Crippen molar-refractivity contribution in [2.24, 2.45) is 0 Å². The molecule has 0 saturated heterocycles. The van der Waals surface area contributed by atoms with Crippen molar-refractivity contribution in [1.82, 2.24) is 0 Å². The van der Waals surface area contributed by atoms with E-state index in [1.165, 1.54) is 12.1 Å². The Bertz CT molecular complexity index is 647. The van der Waals surface area contributed by atoms with Gasteiger partial charge in [-0.15, -0.1) is 0 Å². The highest BCUT2D eigenvalue weighted by molar-refractivity contribution is 14.1. The highest BCUT2D eigenvalue weighted by Crippen LogP contribution is 2.29. The molecule has 2 rings (SSSR count). The van der Waals surface area contributed by atoms with Gasteiger partial charge in [0.15, 0.2) is 0 Å². The lowest BCUT2D eigenvalue weighted by Gasteiger charge is -2.09. The number of benzene rings is 2. The largest absolute Gasteiger partial charge is 0.399 e. The normalized spacial score (nSPS) is 10.3. The van der Waals surface area contributed by atoms with Crippen LogP contribution in [0, 0.1) is 3.57 Å². The molecular weight excluding hydrogens is 398 g/mol. The van der Waals surface area contributed by atoms with Crippen LogP contribution in [0.2, 0.25) is 10.0 Å². The van der Waals surface area contributed by atoms with Gasteiger partial charge in [-0.3, -0.25) is 4.79 Å². The second kappa shape index (κ2) is 5.98. The van der Waals surface area contributed by atoms with Crippen LogP contribution in [0.5, 0.6) is 0 Å². The summed E-state index contributed by atoms with van der Waals surface area (Å²) in [7, 11) is 0. The summed E-state index contributed by atoms with van der Waals surface area (Å²) in [6.45, 7) is 0. The van der Waals surface area contributed by atoms with Gasteiger partial charge in [-0.05, 0) is 52.9 Å². The molecule has 0 aliphatic rings. The average molecular weight is 407 g/mol. The van der Waals surface area contributed by atoms with Crippen LogP contribution in [0.4, 0.5) is 11.4 Å². The molecule has 19 heavy (non-hydrogen) atoms. The van der Waals surface area contributed by atoms with Crippen molar-refractivity contribution in [2.45, 2.75) is 0 Å². The molecular formula is C13H9Cl2IN2O. The lowest BCUT2D eigenvalue weighted by atomic mass is 10.2. The van der Waals surface area contributed by atoms with Crippen LogP contribution < -0.4 is 11.1 Å². The van der Waals surface area contributed by atoms with Crippen molar-refractivity contribution in [3.8, 4) is 0 Å². The van der Waals surface area contributed by atoms with Gasteiger partial charge in [0.1, 0.15) is 0 Å². The van der Waals surface area contributed by atoms with E-state index in [1.807, 2.05) is 18.2 Å². The van der Waals surface area contributed by atoms with E-state index < -0.39 is 0 Å². The second-order valence-corrected chi connectivity index (χ2v) is 5.86. The van der Waals surface area contributed by atoms with Gasteiger partial charge in [-0.2, -0.15) is 0 Å². The third kappa shape index (κ3) is 3.52. The van der Waals surface area contributed by atoms with Gasteiger partial charge in [0.25, 0.3) is 5.91 Å². The number of carbonyl (C=O) groups excluding carboxylic acids is 1. The Morgan fingerprint density at radius 3 is 2.63 bits per heavy atom. The maximum absolute atomic E-state index is 12.1. The lowest BCUT2D eigenvalue weighted by molar-refractivity contribution is 0.102. The Labute approximate surface area is 134 Å². The summed E-state index contributed by atoms with van der Waals surface area (Å²) in [5.41, 5.74) is 6.99. The molecule has 1 amide bonds. The summed E-state index contributed by atoms with van der Waals surface area (Å²) < 4.78 is 1.02. The Morgan fingerprint density at radius 2 is 1.95 bits per heavy atom. The minimum Gasteiger partial charge on any atom is -0.399 e. The van der Waals surface area contributed by atoms with E-state index in [0.717, 1.165) is 3.57 Å². The predicted octanol–water partition coefficient (Wildman–Crippen LogP) is 4.43. The molecule has 0 fully saturated rings. The molecule has 0 aliphatic carbocycles. The minimum absolute atomic E-state index is 0.194. The number of anilines is 2. The van der Waals surface area contributed by atoms with E-state index in [9.17, 15) is 4.79 Å². The van der Waals surface area contributed by atoms with Crippen LogP contribution >= 0.6 is 45.8 Å². The van der Waals surface area contributed by atoms with Gasteiger partial charge >= 0.3 is 0 Å². The first-order valence-electron chi connectivity index (χ1n) is 5.29. The monoisotopic (exact) mass is 406 g/mol. The fourth-order valence-electron chi connectivity index (χ4n) is 1.54. The molecule has 3 N–H and O–H groups in total. The Balaban J connectivity index is 2.30. The van der Waals surface area contributed by atoms with E-state index in [1.54, 1.807) is 6.07 Å². The third-order valence-corrected chi connectivity index (χ3v) is 3.85. The quantitative estimate of drug-likeness (QED) is 0.572. The van der Waals surface area contributed by atoms with Crippen molar-refractivity contribution < 1.29 is 4.79 Å². The number of carbonyl (C=O) groups is 1. The summed E-state index contributed by atoms with van der Waals surface area (Å²) in [5.74, 6) is -0.346. The molecule has 0 radical (unpaired) electrons. The topological polar surface area (TPSA) is 55.1 Å². The number of hydrogen-bond acceptors (Lipinski definition) is 2. The summed E-state index contributed by atoms with van der Waals surface area (Å²) in [6.07, 6.45) is 0. The summed E-state index contributed by atoms with van der Waals surface area (Å²) in [4.78, 5) is 12.1. The summed E-state index contributed by atoms with van der Waals surface area (Å²) >= 11 is 14.1. The molecule has 3 nitrogen and oxygen atoms in total. The van der Waals surface area contributed by atoms with E-state index in [2.05, 4.69) is 27.9 Å². The number of nitrogens with one attached hydrogen (secondary N) is 1. The van der Waals surface area contributed by atoms with Crippen LogP contribution in [0.15, 0.2) is 36.4 Å². The molecule has 0 aliphatic heterocycles. The van der Waals surface area contributed by atoms with Crippen molar-refractivity contribution in [2.75, 3.05) is 11.1 Å². The van der Waals surface area contributed by atoms with Gasteiger partial charge in [0, 0.05) is 14.9 Å². The third-order valence-electron chi connectivity index (χ3n) is 2.38. The maximum Gasteiger partial charge on any atom is 0.257 e. The van der Waals surface area contributed by atoms with Crippen molar-refractivity contribution in [1.29, 1.82) is 0 Å². The van der Waals surface area contributed by atoms with Crippen LogP contribution in [0.1, 0.15) is 10.4 Å². The fraction of sp³-hybridized carbons (Fsp3) is 0.